The number of aryl methyl sites for hydroxylation is 1. The third-order valence-corrected chi connectivity index (χ3v) is 5.14. The van der Waals surface area contributed by atoms with Gasteiger partial charge in [0, 0.05) is 5.56 Å². The summed E-state index contributed by atoms with van der Waals surface area (Å²) < 4.78 is 10.6. The largest absolute Gasteiger partial charge is 0.462 e. The number of carbonyl (C=O) groups excluding carboxylic acids is 3. The lowest BCUT2D eigenvalue weighted by atomic mass is 10.00. The molecule has 0 radical (unpaired) electrons. The van der Waals surface area contributed by atoms with Gasteiger partial charge in [-0.2, -0.15) is 0 Å². The molecule has 0 saturated heterocycles. The average Bonchev–Trinajstić information content (AvgIpc) is 3.07. The van der Waals surface area contributed by atoms with Gasteiger partial charge in [-0.3, -0.25) is 14.9 Å². The molecule has 7 nitrogen and oxygen atoms in total. The summed E-state index contributed by atoms with van der Waals surface area (Å²) in [5.41, 5.74) is 1.22. The van der Waals surface area contributed by atoms with E-state index in [-0.39, 0.29) is 53.7 Å². The minimum absolute atomic E-state index is 0.0347. The van der Waals surface area contributed by atoms with Crippen molar-refractivity contribution in [3.63, 3.8) is 0 Å². The van der Waals surface area contributed by atoms with E-state index in [2.05, 4.69) is 29.6 Å². The van der Waals surface area contributed by atoms with Gasteiger partial charge in [0.15, 0.2) is 12.3 Å². The molecule has 3 rings (SSSR count). The Morgan fingerprint density at radius 3 is 2.52 bits per heavy atom. The van der Waals surface area contributed by atoms with Crippen molar-refractivity contribution in [1.82, 2.24) is 0 Å². The molecular weight excluding hydrogens is 396 g/mol. The number of quaternary nitrogens is 1. The highest BCUT2D eigenvalue weighted by Gasteiger charge is 2.29. The Kier molecular flexibility index (Phi) is 6.87. The van der Waals surface area contributed by atoms with E-state index in [9.17, 15) is 14.4 Å². The highest BCUT2D eigenvalue weighted by Crippen LogP contribution is 2.28. The number of rotatable bonds is 8. The molecule has 3 N–H and O–H groups in total. The molecule has 0 aliphatic rings. The fourth-order valence-electron chi connectivity index (χ4n) is 3.69. The van der Waals surface area contributed by atoms with Crippen LogP contribution in [-0.2, 0) is 9.53 Å². The molecule has 3 aromatic rings. The van der Waals surface area contributed by atoms with Gasteiger partial charge in [-0.1, -0.05) is 42.5 Å². The predicted molar refractivity (Wildman–Crippen MR) is 117 cm³/mol. The highest BCUT2D eigenvalue weighted by atomic mass is 16.5. The number of hydrogen-bond acceptors (Lipinski definition) is 5. The van der Waals surface area contributed by atoms with Crippen molar-refractivity contribution in [2.45, 2.75) is 33.7 Å². The van der Waals surface area contributed by atoms with E-state index in [4.69, 9.17) is 9.15 Å². The highest BCUT2D eigenvalue weighted by molar-refractivity contribution is 6.10. The van der Waals surface area contributed by atoms with E-state index in [1.54, 1.807) is 13.8 Å². The topological polar surface area (TPSA) is 102 Å². The molecule has 162 valence electrons. The molecule has 1 aromatic heterocycles. The first kappa shape index (κ1) is 22.2. The van der Waals surface area contributed by atoms with Crippen molar-refractivity contribution in [2.24, 2.45) is 0 Å². The van der Waals surface area contributed by atoms with Crippen molar-refractivity contribution in [2.75, 3.05) is 18.5 Å². The number of nitrogens with one attached hydrogen (secondary N) is 1. The smallest absolute Gasteiger partial charge is 0.344 e. The second-order valence-electron chi connectivity index (χ2n) is 7.36. The van der Waals surface area contributed by atoms with Crippen LogP contribution in [0, 0.1) is 6.92 Å². The lowest BCUT2D eigenvalue weighted by Crippen LogP contribution is -2.86. The van der Waals surface area contributed by atoms with Crippen LogP contribution in [0.5, 0.6) is 0 Å². The maximum Gasteiger partial charge on any atom is 0.344 e. The van der Waals surface area contributed by atoms with E-state index in [1.807, 2.05) is 30.4 Å². The number of furan rings is 1. The summed E-state index contributed by atoms with van der Waals surface area (Å²) in [5.74, 6) is -1.17. The Morgan fingerprint density at radius 2 is 1.81 bits per heavy atom. The quantitative estimate of drug-likeness (QED) is 0.427. The first-order chi connectivity index (χ1) is 14.8. The van der Waals surface area contributed by atoms with Crippen LogP contribution in [0.15, 0.2) is 46.9 Å². The first-order valence-electron chi connectivity index (χ1n) is 10.3. The van der Waals surface area contributed by atoms with Gasteiger partial charge >= 0.3 is 5.97 Å². The Bertz CT molecular complexity index is 1130. The fourth-order valence-corrected chi connectivity index (χ4v) is 3.69. The molecule has 0 saturated carbocycles. The third-order valence-electron chi connectivity index (χ3n) is 5.14. The predicted octanol–water partition coefficient (Wildman–Crippen LogP) is 3.38. The molecular formula is C24H27N2O5+. The summed E-state index contributed by atoms with van der Waals surface area (Å²) in [5, 5.41) is 6.82. The Hall–Kier alpha value is -3.45. The molecule has 0 unspecified atom stereocenters. The summed E-state index contributed by atoms with van der Waals surface area (Å²) in [6, 6.07) is 14.3. The molecule has 1 heterocycles. The first-order valence-corrected chi connectivity index (χ1v) is 10.3. The van der Waals surface area contributed by atoms with Gasteiger partial charge in [-0.15, -0.1) is 0 Å². The van der Waals surface area contributed by atoms with E-state index in [1.165, 1.54) is 6.92 Å². The van der Waals surface area contributed by atoms with Gasteiger partial charge < -0.3 is 14.5 Å². The van der Waals surface area contributed by atoms with Gasteiger partial charge in [-0.25, -0.2) is 4.79 Å². The number of anilines is 1. The summed E-state index contributed by atoms with van der Waals surface area (Å²) in [4.78, 5) is 37.0. The zero-order valence-electron chi connectivity index (χ0n) is 18.2. The number of fused-ring (bicyclic) bond motifs is 1. The van der Waals surface area contributed by atoms with Crippen LogP contribution in [0.1, 0.15) is 58.9 Å². The van der Waals surface area contributed by atoms with Gasteiger partial charge in [0.1, 0.15) is 17.4 Å². The van der Waals surface area contributed by atoms with Crippen LogP contribution in [0.25, 0.3) is 10.8 Å². The summed E-state index contributed by atoms with van der Waals surface area (Å²) >= 11 is 0. The fraction of sp³-hybridized carbons (Fsp3) is 0.292. The standard InChI is InChI=1S/C24H26N2O5/c1-5-30-24(29)22-21(15(3)27)16(4)31-23(22)26-20(28)13-25-14(2)18-12-8-10-17-9-6-7-11-19(17)18/h6-12,14,25H,5,13H2,1-4H3,(H,26,28)/p+1/t14-/m0/s1. The van der Waals surface area contributed by atoms with Crippen LogP contribution in [-0.4, -0.2) is 30.8 Å². The van der Waals surface area contributed by atoms with Gasteiger partial charge in [0.25, 0.3) is 5.91 Å². The number of hydrogen-bond donors (Lipinski definition) is 2. The minimum atomic E-state index is -0.701. The van der Waals surface area contributed by atoms with E-state index in [0.29, 0.717) is 0 Å². The zero-order valence-corrected chi connectivity index (χ0v) is 18.2. The molecule has 0 spiro atoms. The van der Waals surface area contributed by atoms with Crippen molar-refractivity contribution in [3.05, 3.63) is 64.9 Å². The van der Waals surface area contributed by atoms with Crippen LogP contribution in [0.3, 0.4) is 0 Å². The number of ether oxygens (including phenoxy) is 1. The molecule has 31 heavy (non-hydrogen) atoms. The van der Waals surface area contributed by atoms with Crippen molar-refractivity contribution in [3.8, 4) is 0 Å². The maximum atomic E-state index is 12.6. The van der Waals surface area contributed by atoms with Gasteiger partial charge in [-0.05, 0) is 38.5 Å². The number of esters is 1. The van der Waals surface area contributed by atoms with Crippen LogP contribution < -0.4 is 10.6 Å². The molecule has 7 heteroatoms. The second-order valence-corrected chi connectivity index (χ2v) is 7.36. The molecule has 1 atom stereocenters. The lowest BCUT2D eigenvalue weighted by molar-refractivity contribution is -0.682. The van der Waals surface area contributed by atoms with Crippen LogP contribution >= 0.6 is 0 Å². The number of carbonyl (C=O) groups is 3. The minimum Gasteiger partial charge on any atom is -0.462 e. The third kappa shape index (κ3) is 4.83. The number of ketones is 1. The Morgan fingerprint density at radius 1 is 1.10 bits per heavy atom. The molecule has 0 fully saturated rings. The number of Topliss-reactive ketones (excluding diaryl/α,β-unsaturated/α-hetero) is 1. The number of nitrogens with two attached hydrogens (primary N) is 1. The molecule has 0 aliphatic heterocycles. The summed E-state index contributed by atoms with van der Waals surface area (Å²) in [6.07, 6.45) is 0. The van der Waals surface area contributed by atoms with E-state index in [0.717, 1.165) is 16.3 Å². The molecule has 0 bridgehead atoms. The number of benzene rings is 2. The van der Waals surface area contributed by atoms with Gasteiger partial charge in [0.05, 0.1) is 12.2 Å². The second kappa shape index (κ2) is 9.57. The monoisotopic (exact) mass is 423 g/mol. The van der Waals surface area contributed by atoms with Gasteiger partial charge in [0.2, 0.25) is 5.88 Å². The van der Waals surface area contributed by atoms with E-state index >= 15 is 0 Å². The molecule has 2 aromatic carbocycles. The normalized spacial score (nSPS) is 11.9. The Labute approximate surface area is 180 Å². The molecule has 1 amide bonds. The van der Waals surface area contributed by atoms with E-state index < -0.39 is 5.97 Å². The van der Waals surface area contributed by atoms with Crippen LogP contribution in [0.2, 0.25) is 0 Å². The zero-order chi connectivity index (χ0) is 22.5. The average molecular weight is 423 g/mol. The molecule has 0 aliphatic carbocycles. The van der Waals surface area contributed by atoms with Crippen molar-refractivity contribution < 1.29 is 28.9 Å². The summed E-state index contributed by atoms with van der Waals surface area (Å²) in [6.45, 7) is 6.87. The SMILES string of the molecule is CCOC(=O)c1c(NC(=O)C[NH2+][C@@H](C)c2cccc3ccccc23)oc(C)c1C(C)=O. The lowest BCUT2D eigenvalue weighted by Gasteiger charge is -2.13. The van der Waals surface area contributed by atoms with Crippen molar-refractivity contribution >= 4 is 34.3 Å². The Balaban J connectivity index is 1.74. The maximum absolute atomic E-state index is 12.6. The number of amides is 1. The summed E-state index contributed by atoms with van der Waals surface area (Å²) in [7, 11) is 0. The van der Waals surface area contributed by atoms with Crippen LogP contribution in [0.4, 0.5) is 5.88 Å². The van der Waals surface area contributed by atoms with Crippen molar-refractivity contribution in [1.29, 1.82) is 0 Å².